The molecule has 0 fully saturated rings. The second-order valence-corrected chi connectivity index (χ2v) is 6.50. The van der Waals surface area contributed by atoms with Gasteiger partial charge in [-0.1, -0.05) is 60.7 Å². The zero-order valence-corrected chi connectivity index (χ0v) is 15.2. The molecule has 2 rings (SSSR count). The second-order valence-electron chi connectivity index (χ2n) is 5.75. The van der Waals surface area contributed by atoms with Crippen molar-refractivity contribution in [1.29, 1.82) is 0 Å². The molecule has 0 saturated carbocycles. The van der Waals surface area contributed by atoms with E-state index in [1.54, 1.807) is 60.7 Å². The van der Waals surface area contributed by atoms with Gasteiger partial charge in [-0.25, -0.2) is 0 Å². The topological polar surface area (TPSA) is 68.3 Å². The summed E-state index contributed by atoms with van der Waals surface area (Å²) in [4.78, 5) is 48.4. The normalized spacial score (nSPS) is 12.8. The van der Waals surface area contributed by atoms with Crippen LogP contribution in [0.2, 0.25) is 0 Å². The molecule has 0 aliphatic rings. The van der Waals surface area contributed by atoms with E-state index in [-0.39, 0.29) is 12.8 Å². The van der Waals surface area contributed by atoms with Crippen LogP contribution < -0.4 is 0 Å². The summed E-state index contributed by atoms with van der Waals surface area (Å²) in [5.74, 6) is -3.17. The van der Waals surface area contributed by atoms with E-state index in [0.717, 1.165) is 0 Å². The van der Waals surface area contributed by atoms with Crippen LogP contribution in [0.4, 0.5) is 0 Å². The molecule has 0 aliphatic heterocycles. The van der Waals surface area contributed by atoms with Crippen LogP contribution in [0.5, 0.6) is 0 Å². The molecule has 4 nitrogen and oxygen atoms in total. The van der Waals surface area contributed by atoms with Gasteiger partial charge in [-0.3, -0.25) is 19.2 Å². The van der Waals surface area contributed by atoms with E-state index in [4.69, 9.17) is 23.2 Å². The van der Waals surface area contributed by atoms with Crippen molar-refractivity contribution >= 4 is 45.3 Å². The van der Waals surface area contributed by atoms with Crippen molar-refractivity contribution in [2.45, 2.75) is 12.8 Å². The fraction of sp³-hybridized carbons (Fsp3) is 0.200. The second kappa shape index (κ2) is 9.41. The van der Waals surface area contributed by atoms with Gasteiger partial charge in [0, 0.05) is 11.1 Å². The minimum Gasteiger partial charge on any atom is -0.293 e. The number of hydrogen-bond donors (Lipinski definition) is 0. The van der Waals surface area contributed by atoms with Gasteiger partial charge in [-0.15, -0.1) is 0 Å². The van der Waals surface area contributed by atoms with E-state index < -0.39 is 33.9 Å². The zero-order valence-electron chi connectivity index (χ0n) is 13.7. The van der Waals surface area contributed by atoms with Gasteiger partial charge in [0.05, 0.1) is 11.8 Å². The number of rotatable bonds is 9. The summed E-state index contributed by atoms with van der Waals surface area (Å²) in [5.41, 5.74) is 0.685. The first-order valence-corrected chi connectivity index (χ1v) is 8.74. The molecule has 2 atom stereocenters. The third-order valence-corrected chi connectivity index (χ3v) is 4.57. The van der Waals surface area contributed by atoms with Crippen LogP contribution in [0.25, 0.3) is 0 Å². The maximum Gasteiger partial charge on any atom is 0.232 e. The predicted molar refractivity (Wildman–Crippen MR) is 99.5 cm³/mol. The third kappa shape index (κ3) is 5.10. The molecule has 6 heteroatoms. The molecular weight excluding hydrogens is 375 g/mol. The Morgan fingerprint density at radius 3 is 1.19 bits per heavy atom. The average molecular weight is 391 g/mol. The third-order valence-electron chi connectivity index (χ3n) is 4.04. The molecule has 2 aromatic rings. The fourth-order valence-electron chi connectivity index (χ4n) is 2.64. The Labute approximate surface area is 161 Å². The molecule has 0 amide bonds. The van der Waals surface area contributed by atoms with E-state index in [9.17, 15) is 19.2 Å². The lowest BCUT2D eigenvalue weighted by Crippen LogP contribution is -2.26. The molecule has 2 unspecified atom stereocenters. The summed E-state index contributed by atoms with van der Waals surface area (Å²) in [5, 5.41) is -1.65. The van der Waals surface area contributed by atoms with Crippen molar-refractivity contribution < 1.29 is 19.2 Å². The summed E-state index contributed by atoms with van der Waals surface area (Å²) in [6, 6.07) is 16.5. The Morgan fingerprint density at radius 1 is 0.615 bits per heavy atom. The number of halogens is 2. The average Bonchev–Trinajstić information content (AvgIpc) is 2.65. The molecule has 0 N–H and O–H groups in total. The number of Topliss-reactive ketones (excluding diaryl/α,β-unsaturated/α-hetero) is 2. The summed E-state index contributed by atoms with van der Waals surface area (Å²) in [6.07, 6.45) is -0.0878. The monoisotopic (exact) mass is 390 g/mol. The summed E-state index contributed by atoms with van der Waals surface area (Å²) < 4.78 is 0. The number of hydrogen-bond acceptors (Lipinski definition) is 4. The molecule has 0 bridgehead atoms. The molecule has 0 aliphatic carbocycles. The number of carbonyl (C=O) groups excluding carboxylic acids is 4. The van der Waals surface area contributed by atoms with Crippen molar-refractivity contribution in [3.63, 3.8) is 0 Å². The standard InChI is InChI=1S/C20H16Cl2O4/c21-19(25)15(17(23)13-7-3-1-4-8-13)11-12-16(20(22)26)18(24)14-9-5-2-6-10-14/h1-10,15-16H,11-12H2. The first-order valence-electron chi connectivity index (χ1n) is 7.99. The maximum atomic E-state index is 12.5. The highest BCUT2D eigenvalue weighted by Crippen LogP contribution is 2.24. The Morgan fingerprint density at radius 2 is 0.923 bits per heavy atom. The largest absolute Gasteiger partial charge is 0.293 e. The smallest absolute Gasteiger partial charge is 0.232 e. The SMILES string of the molecule is O=C(Cl)C(CCC(C(=O)Cl)C(=O)c1ccccc1)C(=O)c1ccccc1. The summed E-state index contributed by atoms with van der Waals surface area (Å²) >= 11 is 11.2. The lowest BCUT2D eigenvalue weighted by molar-refractivity contribution is -0.116. The van der Waals surface area contributed by atoms with E-state index in [0.29, 0.717) is 11.1 Å². The molecule has 0 saturated heterocycles. The minimum atomic E-state index is -1.14. The minimum absolute atomic E-state index is 0.0439. The van der Waals surface area contributed by atoms with Crippen molar-refractivity contribution in [2.24, 2.45) is 11.8 Å². The van der Waals surface area contributed by atoms with E-state index >= 15 is 0 Å². The highest BCUT2D eigenvalue weighted by molar-refractivity contribution is 6.66. The lowest BCUT2D eigenvalue weighted by Gasteiger charge is -2.15. The van der Waals surface area contributed by atoms with E-state index in [2.05, 4.69) is 0 Å². The first kappa shape index (κ1) is 20.0. The Kier molecular flexibility index (Phi) is 7.25. The van der Waals surface area contributed by atoms with Crippen molar-refractivity contribution in [1.82, 2.24) is 0 Å². The Bertz CT molecular complexity index is 734. The van der Waals surface area contributed by atoms with Gasteiger partial charge in [-0.05, 0) is 36.0 Å². The van der Waals surface area contributed by atoms with Gasteiger partial charge in [-0.2, -0.15) is 0 Å². The van der Waals surface area contributed by atoms with Gasteiger partial charge in [0.1, 0.15) is 0 Å². The molecular formula is C20H16Cl2O4. The predicted octanol–water partition coefficient (Wildman–Crippen LogP) is 4.30. The molecule has 26 heavy (non-hydrogen) atoms. The van der Waals surface area contributed by atoms with Gasteiger partial charge < -0.3 is 0 Å². The van der Waals surface area contributed by atoms with Crippen LogP contribution in [0.15, 0.2) is 60.7 Å². The highest BCUT2D eigenvalue weighted by atomic mass is 35.5. The number of carbonyl (C=O) groups is 4. The number of ketones is 2. The first-order chi connectivity index (χ1) is 12.4. The van der Waals surface area contributed by atoms with Crippen molar-refractivity contribution in [2.75, 3.05) is 0 Å². The summed E-state index contributed by atoms with van der Waals surface area (Å²) in [7, 11) is 0. The molecule has 0 aromatic heterocycles. The van der Waals surface area contributed by atoms with Crippen LogP contribution in [-0.4, -0.2) is 22.1 Å². The van der Waals surface area contributed by atoms with Crippen LogP contribution >= 0.6 is 23.2 Å². The van der Waals surface area contributed by atoms with Gasteiger partial charge in [0.15, 0.2) is 11.6 Å². The Balaban J connectivity index is 2.15. The van der Waals surface area contributed by atoms with E-state index in [1.165, 1.54) is 0 Å². The molecule has 0 radical (unpaired) electrons. The Hall–Kier alpha value is -2.30. The van der Waals surface area contributed by atoms with Crippen LogP contribution in [0.1, 0.15) is 33.6 Å². The van der Waals surface area contributed by atoms with Gasteiger partial charge in [0.2, 0.25) is 10.5 Å². The number of benzene rings is 2. The van der Waals surface area contributed by atoms with Crippen LogP contribution in [0, 0.1) is 11.8 Å². The van der Waals surface area contributed by atoms with Crippen molar-refractivity contribution in [3.05, 3.63) is 71.8 Å². The van der Waals surface area contributed by atoms with Crippen molar-refractivity contribution in [3.8, 4) is 0 Å². The quantitative estimate of drug-likeness (QED) is 0.363. The van der Waals surface area contributed by atoms with Crippen LogP contribution in [-0.2, 0) is 9.59 Å². The molecule has 0 spiro atoms. The zero-order chi connectivity index (χ0) is 19.1. The fourth-order valence-corrected chi connectivity index (χ4v) is 3.05. The highest BCUT2D eigenvalue weighted by Gasteiger charge is 2.31. The maximum absolute atomic E-state index is 12.5. The molecule has 2 aromatic carbocycles. The summed E-state index contributed by atoms with van der Waals surface area (Å²) in [6.45, 7) is 0. The van der Waals surface area contributed by atoms with Crippen LogP contribution in [0.3, 0.4) is 0 Å². The molecule has 0 heterocycles. The molecule has 134 valence electrons. The van der Waals surface area contributed by atoms with Gasteiger partial charge >= 0.3 is 0 Å². The lowest BCUT2D eigenvalue weighted by atomic mass is 9.88. The van der Waals surface area contributed by atoms with Gasteiger partial charge in [0.25, 0.3) is 0 Å². The van der Waals surface area contributed by atoms with E-state index in [1.807, 2.05) is 0 Å².